The van der Waals surface area contributed by atoms with Gasteiger partial charge in [0, 0.05) is 18.3 Å². The summed E-state index contributed by atoms with van der Waals surface area (Å²) in [5.41, 5.74) is -0.514. The van der Waals surface area contributed by atoms with Crippen LogP contribution in [0.15, 0.2) is 36.5 Å². The molecule has 0 bridgehead atoms. The van der Waals surface area contributed by atoms with Crippen molar-refractivity contribution in [1.29, 1.82) is 0 Å². The smallest absolute Gasteiger partial charge is 0.434 e. The Bertz CT molecular complexity index is 1190. The summed E-state index contributed by atoms with van der Waals surface area (Å²) in [4.78, 5) is 26.1. The Labute approximate surface area is 179 Å². The number of benzene rings is 1. The highest BCUT2D eigenvalue weighted by Crippen LogP contribution is 2.36. The Balaban J connectivity index is 1.73. The molecule has 0 saturated carbocycles. The van der Waals surface area contributed by atoms with Crippen LogP contribution in [0.3, 0.4) is 0 Å². The summed E-state index contributed by atoms with van der Waals surface area (Å²) in [5.74, 6) is -1.51. The van der Waals surface area contributed by atoms with Crippen LogP contribution in [0.4, 0.5) is 18.9 Å². The molecule has 32 heavy (non-hydrogen) atoms. The van der Waals surface area contributed by atoms with Crippen LogP contribution in [-0.4, -0.2) is 52.6 Å². The number of anilines is 1. The molecule has 2 aromatic heterocycles. The van der Waals surface area contributed by atoms with E-state index in [0.717, 1.165) is 6.20 Å². The van der Waals surface area contributed by atoms with E-state index in [4.69, 9.17) is 4.74 Å². The summed E-state index contributed by atoms with van der Waals surface area (Å²) < 4.78 is 51.9. The molecule has 0 unspecified atom stereocenters. The summed E-state index contributed by atoms with van der Waals surface area (Å²) in [6.07, 6.45) is -3.65. The first-order valence-corrected chi connectivity index (χ1v) is 9.31. The van der Waals surface area contributed by atoms with Crippen LogP contribution in [-0.2, 0) is 17.3 Å². The van der Waals surface area contributed by atoms with Crippen molar-refractivity contribution in [3.05, 3.63) is 58.9 Å². The van der Waals surface area contributed by atoms with Crippen molar-refractivity contribution in [3.8, 4) is 11.7 Å². The topological polar surface area (TPSA) is 99.4 Å². The van der Waals surface area contributed by atoms with Gasteiger partial charge in [0.05, 0.1) is 31.5 Å². The molecular weight excluding hydrogens is 431 g/mol. The summed E-state index contributed by atoms with van der Waals surface area (Å²) >= 11 is 0. The van der Waals surface area contributed by atoms with Crippen LogP contribution in [0.1, 0.15) is 32.0 Å². The maximum absolute atomic E-state index is 13.9. The number of fused-ring (bicyclic) bond motifs is 1. The molecule has 4 rings (SSSR count). The van der Waals surface area contributed by atoms with Gasteiger partial charge in [-0.15, -0.1) is 10.2 Å². The molecule has 0 radical (unpaired) electrons. The monoisotopic (exact) mass is 447 g/mol. The van der Waals surface area contributed by atoms with E-state index in [1.807, 2.05) is 0 Å². The van der Waals surface area contributed by atoms with E-state index in [9.17, 15) is 22.8 Å². The highest BCUT2D eigenvalue weighted by Gasteiger charge is 2.42. The minimum Gasteiger partial charge on any atom is -0.480 e. The molecule has 0 aliphatic carbocycles. The molecule has 0 N–H and O–H groups in total. The number of methoxy groups -OCH3 is 2. The standard InChI is InChI=1S/C20H16F3N5O4/c1-31-16-6-5-15(25-26-16)28-17(20(21,22)23)13(10-24-28)18(29)27-8-7-11-9-12(19(30)32-2)3-4-14(11)27/h3-6,9-10H,7-8H2,1-2H3. The zero-order valence-corrected chi connectivity index (χ0v) is 16.9. The first-order valence-electron chi connectivity index (χ1n) is 9.31. The van der Waals surface area contributed by atoms with Gasteiger partial charge in [0.2, 0.25) is 5.88 Å². The minimum atomic E-state index is -4.89. The second kappa shape index (κ2) is 7.94. The largest absolute Gasteiger partial charge is 0.480 e. The summed E-state index contributed by atoms with van der Waals surface area (Å²) in [5, 5.41) is 11.1. The van der Waals surface area contributed by atoms with Gasteiger partial charge in [-0.05, 0) is 36.2 Å². The van der Waals surface area contributed by atoms with Crippen LogP contribution < -0.4 is 9.64 Å². The molecule has 1 aliphatic heterocycles. The van der Waals surface area contributed by atoms with Crippen molar-refractivity contribution >= 4 is 17.6 Å². The van der Waals surface area contributed by atoms with Gasteiger partial charge < -0.3 is 14.4 Å². The van der Waals surface area contributed by atoms with Crippen molar-refractivity contribution in [2.75, 3.05) is 25.7 Å². The van der Waals surface area contributed by atoms with Gasteiger partial charge >= 0.3 is 12.1 Å². The zero-order chi connectivity index (χ0) is 23.0. The third-order valence-electron chi connectivity index (χ3n) is 4.96. The molecule has 3 heterocycles. The van der Waals surface area contributed by atoms with Crippen molar-refractivity contribution in [2.24, 2.45) is 0 Å². The Kier molecular flexibility index (Phi) is 5.28. The number of rotatable bonds is 4. The van der Waals surface area contributed by atoms with E-state index in [-0.39, 0.29) is 18.2 Å². The number of amides is 1. The van der Waals surface area contributed by atoms with Crippen molar-refractivity contribution in [2.45, 2.75) is 12.6 Å². The molecule has 0 fully saturated rings. The number of ether oxygens (including phenoxy) is 2. The van der Waals surface area contributed by atoms with E-state index in [1.54, 1.807) is 6.07 Å². The lowest BCUT2D eigenvalue weighted by Crippen LogP contribution is -2.31. The van der Waals surface area contributed by atoms with Gasteiger partial charge in [-0.2, -0.15) is 18.3 Å². The first-order chi connectivity index (χ1) is 15.2. The second-order valence-corrected chi connectivity index (χ2v) is 6.79. The number of alkyl halides is 3. The normalized spacial score (nSPS) is 13.1. The van der Waals surface area contributed by atoms with Gasteiger partial charge in [0.25, 0.3) is 5.91 Å². The molecule has 0 spiro atoms. The second-order valence-electron chi connectivity index (χ2n) is 6.79. The number of hydrogen-bond donors (Lipinski definition) is 0. The zero-order valence-electron chi connectivity index (χ0n) is 16.9. The van der Waals surface area contributed by atoms with E-state index in [1.165, 1.54) is 43.4 Å². The average molecular weight is 447 g/mol. The lowest BCUT2D eigenvalue weighted by atomic mass is 10.1. The number of esters is 1. The summed E-state index contributed by atoms with van der Waals surface area (Å²) in [7, 11) is 2.59. The van der Waals surface area contributed by atoms with E-state index in [2.05, 4.69) is 20.0 Å². The third kappa shape index (κ3) is 3.63. The Morgan fingerprint density at radius 3 is 2.50 bits per heavy atom. The molecular formula is C20H16F3N5O4. The number of halogens is 3. The number of hydrogen-bond acceptors (Lipinski definition) is 7. The molecule has 1 aromatic carbocycles. The van der Waals surface area contributed by atoms with Crippen LogP contribution in [0.25, 0.3) is 5.82 Å². The number of carbonyl (C=O) groups excluding carboxylic acids is 2. The van der Waals surface area contributed by atoms with Crippen molar-refractivity contribution in [1.82, 2.24) is 20.0 Å². The maximum Gasteiger partial charge on any atom is 0.434 e. The number of aromatic nitrogens is 4. The first kappa shape index (κ1) is 21.3. The highest BCUT2D eigenvalue weighted by atomic mass is 19.4. The molecule has 166 valence electrons. The number of carbonyl (C=O) groups is 2. The molecule has 0 saturated heterocycles. The fourth-order valence-corrected chi connectivity index (χ4v) is 3.49. The van der Waals surface area contributed by atoms with Crippen LogP contribution in [0.2, 0.25) is 0 Å². The average Bonchev–Trinajstić information content (AvgIpc) is 3.42. The van der Waals surface area contributed by atoms with Crippen molar-refractivity contribution in [3.63, 3.8) is 0 Å². The highest BCUT2D eigenvalue weighted by molar-refractivity contribution is 6.08. The third-order valence-corrected chi connectivity index (χ3v) is 4.96. The quantitative estimate of drug-likeness (QED) is 0.567. The van der Waals surface area contributed by atoms with Gasteiger partial charge in [0.1, 0.15) is 0 Å². The van der Waals surface area contributed by atoms with Crippen LogP contribution in [0, 0.1) is 0 Å². The predicted octanol–water partition coefficient (Wildman–Crippen LogP) is 2.68. The fraction of sp³-hybridized carbons (Fsp3) is 0.250. The lowest BCUT2D eigenvalue weighted by Gasteiger charge is -2.18. The Morgan fingerprint density at radius 1 is 1.09 bits per heavy atom. The molecule has 0 atom stereocenters. The number of nitrogens with zero attached hydrogens (tertiary/aromatic N) is 5. The molecule has 9 nitrogen and oxygen atoms in total. The Hall–Kier alpha value is -3.96. The van der Waals surface area contributed by atoms with Crippen LogP contribution in [0.5, 0.6) is 5.88 Å². The Morgan fingerprint density at radius 2 is 1.88 bits per heavy atom. The van der Waals surface area contributed by atoms with Crippen molar-refractivity contribution < 1.29 is 32.2 Å². The van der Waals surface area contributed by atoms with Gasteiger partial charge in [-0.1, -0.05) is 0 Å². The fourth-order valence-electron chi connectivity index (χ4n) is 3.49. The van der Waals surface area contributed by atoms with Gasteiger partial charge in [-0.3, -0.25) is 4.79 Å². The van der Waals surface area contributed by atoms with Gasteiger partial charge in [0.15, 0.2) is 11.5 Å². The van der Waals surface area contributed by atoms with Crippen LogP contribution >= 0.6 is 0 Å². The summed E-state index contributed by atoms with van der Waals surface area (Å²) in [6, 6.07) is 7.12. The maximum atomic E-state index is 13.9. The SMILES string of the molecule is COC(=O)c1ccc2c(c1)CCN2C(=O)c1cnn(-c2ccc(OC)nn2)c1C(F)(F)F. The molecule has 1 aliphatic rings. The minimum absolute atomic E-state index is 0.116. The molecule has 12 heteroatoms. The molecule has 3 aromatic rings. The van der Waals surface area contributed by atoms with E-state index >= 15 is 0 Å². The van der Waals surface area contributed by atoms with E-state index in [0.29, 0.717) is 27.9 Å². The summed E-state index contributed by atoms with van der Waals surface area (Å²) in [6.45, 7) is 0.156. The van der Waals surface area contributed by atoms with Gasteiger partial charge in [-0.25, -0.2) is 9.48 Å². The lowest BCUT2D eigenvalue weighted by molar-refractivity contribution is -0.143. The molecule has 1 amide bonds. The predicted molar refractivity (Wildman–Crippen MR) is 104 cm³/mol. The van der Waals surface area contributed by atoms with E-state index < -0.39 is 29.3 Å².